The highest BCUT2D eigenvalue weighted by Crippen LogP contribution is 2.34. The molecule has 6 heteroatoms. The van der Waals surface area contributed by atoms with Crippen molar-refractivity contribution in [3.05, 3.63) is 29.3 Å². The minimum atomic E-state index is -4.56. The molecule has 0 aliphatic carbocycles. The number of halogens is 3. The maximum atomic E-state index is 12.8. The fourth-order valence-electron chi connectivity index (χ4n) is 1.94. The van der Waals surface area contributed by atoms with Crippen molar-refractivity contribution in [1.29, 1.82) is 0 Å². The van der Waals surface area contributed by atoms with E-state index in [1.54, 1.807) is 0 Å². The third-order valence-corrected chi connectivity index (χ3v) is 2.93. The SMILES string of the molecule is O=Cc1ccc(OC2CCOCC2)cc1C(F)(F)F. The van der Waals surface area contributed by atoms with Gasteiger partial charge < -0.3 is 9.47 Å². The van der Waals surface area contributed by atoms with Crippen LogP contribution in [-0.4, -0.2) is 25.6 Å². The predicted molar refractivity (Wildman–Crippen MR) is 61.3 cm³/mol. The molecule has 1 aliphatic rings. The van der Waals surface area contributed by atoms with E-state index in [0.29, 0.717) is 26.1 Å². The summed E-state index contributed by atoms with van der Waals surface area (Å²) in [4.78, 5) is 10.6. The van der Waals surface area contributed by atoms with E-state index < -0.39 is 11.7 Å². The van der Waals surface area contributed by atoms with Gasteiger partial charge in [-0.25, -0.2) is 0 Å². The van der Waals surface area contributed by atoms with Gasteiger partial charge in [-0.3, -0.25) is 4.79 Å². The first-order valence-corrected chi connectivity index (χ1v) is 5.91. The lowest BCUT2D eigenvalue weighted by Gasteiger charge is -2.23. The molecule has 104 valence electrons. The lowest BCUT2D eigenvalue weighted by molar-refractivity contribution is -0.138. The van der Waals surface area contributed by atoms with Crippen molar-refractivity contribution in [2.24, 2.45) is 0 Å². The van der Waals surface area contributed by atoms with E-state index in [4.69, 9.17) is 9.47 Å². The van der Waals surface area contributed by atoms with Crippen molar-refractivity contribution in [2.45, 2.75) is 25.1 Å². The summed E-state index contributed by atoms with van der Waals surface area (Å²) >= 11 is 0. The molecule has 1 heterocycles. The highest BCUT2D eigenvalue weighted by Gasteiger charge is 2.34. The van der Waals surface area contributed by atoms with Crippen molar-refractivity contribution in [2.75, 3.05) is 13.2 Å². The second kappa shape index (κ2) is 5.61. The van der Waals surface area contributed by atoms with E-state index in [-0.39, 0.29) is 23.7 Å². The first kappa shape index (κ1) is 13.9. The Balaban J connectivity index is 2.20. The first-order chi connectivity index (χ1) is 9.00. The van der Waals surface area contributed by atoms with E-state index in [1.807, 2.05) is 0 Å². The summed E-state index contributed by atoms with van der Waals surface area (Å²) in [7, 11) is 0. The minimum absolute atomic E-state index is 0.129. The van der Waals surface area contributed by atoms with Crippen LogP contribution in [0.5, 0.6) is 5.75 Å². The topological polar surface area (TPSA) is 35.5 Å². The fraction of sp³-hybridized carbons (Fsp3) is 0.462. The van der Waals surface area contributed by atoms with Crippen LogP contribution in [0, 0.1) is 0 Å². The third-order valence-electron chi connectivity index (χ3n) is 2.93. The van der Waals surface area contributed by atoms with Gasteiger partial charge in [-0.1, -0.05) is 0 Å². The summed E-state index contributed by atoms with van der Waals surface area (Å²) in [6.45, 7) is 1.09. The lowest BCUT2D eigenvalue weighted by atomic mass is 10.1. The average Bonchev–Trinajstić information content (AvgIpc) is 2.39. The average molecular weight is 274 g/mol. The maximum absolute atomic E-state index is 12.8. The Morgan fingerprint density at radius 2 is 1.95 bits per heavy atom. The zero-order valence-electron chi connectivity index (χ0n) is 10.1. The molecule has 0 saturated carbocycles. The second-order valence-electron chi connectivity index (χ2n) is 4.29. The van der Waals surface area contributed by atoms with Gasteiger partial charge in [-0.05, 0) is 18.2 Å². The Bertz CT molecular complexity index is 451. The normalized spacial score (nSPS) is 17.2. The van der Waals surface area contributed by atoms with Crippen molar-refractivity contribution < 1.29 is 27.4 Å². The molecule has 0 bridgehead atoms. The number of rotatable bonds is 3. The summed E-state index contributed by atoms with van der Waals surface area (Å²) in [5, 5.41) is 0. The summed E-state index contributed by atoms with van der Waals surface area (Å²) in [6, 6.07) is 3.39. The Kier molecular flexibility index (Phi) is 4.09. The van der Waals surface area contributed by atoms with E-state index in [1.165, 1.54) is 6.07 Å². The predicted octanol–water partition coefficient (Wildman–Crippen LogP) is 3.08. The zero-order chi connectivity index (χ0) is 13.9. The molecule has 1 aromatic rings. The summed E-state index contributed by atoms with van der Waals surface area (Å²) < 4.78 is 48.9. The Morgan fingerprint density at radius 3 is 2.53 bits per heavy atom. The third kappa shape index (κ3) is 3.47. The molecular weight excluding hydrogens is 261 g/mol. The zero-order valence-corrected chi connectivity index (χ0v) is 10.1. The summed E-state index contributed by atoms with van der Waals surface area (Å²) in [5.41, 5.74) is -1.35. The molecule has 19 heavy (non-hydrogen) atoms. The molecule has 2 rings (SSSR count). The molecule has 0 unspecified atom stereocenters. The molecule has 3 nitrogen and oxygen atoms in total. The van der Waals surface area contributed by atoms with E-state index in [9.17, 15) is 18.0 Å². The second-order valence-corrected chi connectivity index (χ2v) is 4.29. The van der Waals surface area contributed by atoms with Crippen LogP contribution in [0.2, 0.25) is 0 Å². The van der Waals surface area contributed by atoms with Gasteiger partial charge in [-0.2, -0.15) is 13.2 Å². The molecule has 1 aromatic carbocycles. The van der Waals surface area contributed by atoms with E-state index >= 15 is 0 Å². The minimum Gasteiger partial charge on any atom is -0.490 e. The lowest BCUT2D eigenvalue weighted by Crippen LogP contribution is -2.26. The number of benzene rings is 1. The molecule has 0 amide bonds. The highest BCUT2D eigenvalue weighted by molar-refractivity contribution is 5.78. The Hall–Kier alpha value is -1.56. The summed E-state index contributed by atoms with van der Waals surface area (Å²) in [6.07, 6.45) is -3.21. The number of hydrogen-bond donors (Lipinski definition) is 0. The number of hydrogen-bond acceptors (Lipinski definition) is 3. The summed E-state index contributed by atoms with van der Waals surface area (Å²) in [5.74, 6) is 0.129. The van der Waals surface area contributed by atoms with Crippen LogP contribution in [0.4, 0.5) is 13.2 Å². The van der Waals surface area contributed by atoms with E-state index in [0.717, 1.165) is 12.1 Å². The molecule has 0 N–H and O–H groups in total. The fourth-order valence-corrected chi connectivity index (χ4v) is 1.94. The quantitative estimate of drug-likeness (QED) is 0.795. The van der Waals surface area contributed by atoms with E-state index in [2.05, 4.69) is 0 Å². The maximum Gasteiger partial charge on any atom is 0.417 e. The van der Waals surface area contributed by atoms with Gasteiger partial charge in [0.15, 0.2) is 6.29 Å². The van der Waals surface area contributed by atoms with Crippen molar-refractivity contribution in [3.63, 3.8) is 0 Å². The van der Waals surface area contributed by atoms with Crippen LogP contribution in [0.1, 0.15) is 28.8 Å². The molecular formula is C13H13F3O3. The first-order valence-electron chi connectivity index (χ1n) is 5.91. The number of carbonyl (C=O) groups is 1. The molecule has 1 saturated heterocycles. The van der Waals surface area contributed by atoms with Crippen molar-refractivity contribution in [1.82, 2.24) is 0 Å². The molecule has 0 radical (unpaired) electrons. The van der Waals surface area contributed by atoms with Crippen LogP contribution in [0.3, 0.4) is 0 Å². The van der Waals surface area contributed by atoms with Gasteiger partial charge in [-0.15, -0.1) is 0 Å². The highest BCUT2D eigenvalue weighted by atomic mass is 19.4. The number of aldehydes is 1. The number of alkyl halides is 3. The molecule has 0 atom stereocenters. The smallest absolute Gasteiger partial charge is 0.417 e. The van der Waals surface area contributed by atoms with Crippen molar-refractivity contribution in [3.8, 4) is 5.75 Å². The Morgan fingerprint density at radius 1 is 1.26 bits per heavy atom. The standard InChI is InChI=1S/C13H13F3O3/c14-13(15,16)12-7-11(2-1-9(12)8-17)19-10-3-5-18-6-4-10/h1-2,7-8,10H,3-6H2. The van der Waals surface area contributed by atoms with Gasteiger partial charge >= 0.3 is 6.18 Å². The largest absolute Gasteiger partial charge is 0.490 e. The van der Waals surface area contributed by atoms with Gasteiger partial charge in [0.05, 0.1) is 18.8 Å². The Labute approximate surface area is 108 Å². The monoisotopic (exact) mass is 274 g/mol. The van der Waals surface area contributed by atoms with Crippen molar-refractivity contribution >= 4 is 6.29 Å². The molecule has 0 spiro atoms. The van der Waals surface area contributed by atoms with Gasteiger partial charge in [0.25, 0.3) is 0 Å². The van der Waals surface area contributed by atoms with Crippen LogP contribution < -0.4 is 4.74 Å². The van der Waals surface area contributed by atoms with Crippen LogP contribution in [0.15, 0.2) is 18.2 Å². The van der Waals surface area contributed by atoms with Crippen LogP contribution >= 0.6 is 0 Å². The van der Waals surface area contributed by atoms with Gasteiger partial charge in [0.2, 0.25) is 0 Å². The molecule has 1 fully saturated rings. The molecule has 0 aromatic heterocycles. The number of carbonyl (C=O) groups excluding carboxylic acids is 1. The molecule has 1 aliphatic heterocycles. The van der Waals surface area contributed by atoms with Crippen LogP contribution in [0.25, 0.3) is 0 Å². The van der Waals surface area contributed by atoms with Gasteiger partial charge in [0.1, 0.15) is 11.9 Å². The van der Waals surface area contributed by atoms with Crippen LogP contribution in [-0.2, 0) is 10.9 Å². The number of ether oxygens (including phenoxy) is 2. The van der Waals surface area contributed by atoms with Gasteiger partial charge in [0, 0.05) is 18.4 Å².